The van der Waals surface area contributed by atoms with Gasteiger partial charge in [0, 0.05) is 11.4 Å². The van der Waals surface area contributed by atoms with Crippen LogP contribution in [0.15, 0.2) is 29.2 Å². The number of nitrogens with zero attached hydrogens (tertiary/aromatic N) is 2. The van der Waals surface area contributed by atoms with Gasteiger partial charge in [0.1, 0.15) is 0 Å². The number of benzene rings is 1. The minimum atomic E-state index is -3.80. The van der Waals surface area contributed by atoms with E-state index in [9.17, 15) is 8.42 Å². The predicted molar refractivity (Wildman–Crippen MR) is 78.2 cm³/mol. The second-order valence-corrected chi connectivity index (χ2v) is 6.35. The van der Waals surface area contributed by atoms with Gasteiger partial charge in [-0.3, -0.25) is 0 Å². The molecule has 0 aliphatic heterocycles. The Morgan fingerprint density at radius 3 is 2.30 bits per heavy atom. The Morgan fingerprint density at radius 1 is 1.15 bits per heavy atom. The smallest absolute Gasteiger partial charge is 0.264 e. The quantitative estimate of drug-likeness (QED) is 0.846. The van der Waals surface area contributed by atoms with Crippen LogP contribution in [0.2, 0.25) is 5.02 Å². The third kappa shape index (κ3) is 3.17. The molecule has 1 heterocycles. The number of nitrogens with two attached hydrogens (primary N) is 1. The van der Waals surface area contributed by atoms with Crippen molar-refractivity contribution in [1.82, 2.24) is 9.97 Å². The molecule has 3 N–H and O–H groups in total. The first-order valence-corrected chi connectivity index (χ1v) is 7.54. The highest BCUT2D eigenvalue weighted by Crippen LogP contribution is 2.23. The Hall–Kier alpha value is -1.86. The molecule has 2 aromatic rings. The molecule has 2 rings (SSSR count). The number of rotatable bonds is 3. The Morgan fingerprint density at radius 2 is 1.75 bits per heavy atom. The summed E-state index contributed by atoms with van der Waals surface area (Å²) in [5.74, 6) is 0.0241. The SMILES string of the molecule is Cc1cc(C)nc(NS(=O)(=O)c2ccc(Cl)c(N)c2)n1. The second-order valence-electron chi connectivity index (χ2n) is 4.26. The normalized spacial score (nSPS) is 11.3. The fourth-order valence-electron chi connectivity index (χ4n) is 1.64. The van der Waals surface area contributed by atoms with E-state index in [-0.39, 0.29) is 16.5 Å². The fraction of sp³-hybridized carbons (Fsp3) is 0.167. The minimum absolute atomic E-state index is 0.00200. The van der Waals surface area contributed by atoms with Gasteiger partial charge in [0.15, 0.2) is 0 Å². The molecule has 1 aromatic heterocycles. The first-order chi connectivity index (χ1) is 9.28. The Balaban J connectivity index is 2.37. The van der Waals surface area contributed by atoms with Crippen molar-refractivity contribution in [3.63, 3.8) is 0 Å². The topological polar surface area (TPSA) is 98.0 Å². The van der Waals surface area contributed by atoms with Gasteiger partial charge in [-0.15, -0.1) is 0 Å². The maximum absolute atomic E-state index is 12.2. The standard InChI is InChI=1S/C12H13ClN4O2S/c1-7-5-8(2)16-12(15-7)17-20(18,19)9-3-4-10(13)11(14)6-9/h3-6H,14H2,1-2H3,(H,15,16,17). The van der Waals surface area contributed by atoms with Crippen molar-refractivity contribution in [3.05, 3.63) is 40.7 Å². The van der Waals surface area contributed by atoms with Crippen LogP contribution in [0.3, 0.4) is 0 Å². The number of aryl methyl sites for hydroxylation is 2. The van der Waals surface area contributed by atoms with Gasteiger partial charge in [0.25, 0.3) is 10.0 Å². The van der Waals surface area contributed by atoms with Gasteiger partial charge in [-0.1, -0.05) is 11.6 Å². The molecule has 106 valence electrons. The van der Waals surface area contributed by atoms with Gasteiger partial charge in [0.05, 0.1) is 15.6 Å². The molecular weight excluding hydrogens is 300 g/mol. The molecule has 20 heavy (non-hydrogen) atoms. The Bertz CT molecular complexity index is 742. The maximum Gasteiger partial charge on any atom is 0.264 e. The summed E-state index contributed by atoms with van der Waals surface area (Å²) >= 11 is 5.77. The van der Waals surface area contributed by atoms with E-state index in [1.807, 2.05) is 0 Å². The Labute approximate surface area is 122 Å². The monoisotopic (exact) mass is 312 g/mol. The minimum Gasteiger partial charge on any atom is -0.397 e. The molecule has 0 fully saturated rings. The van der Waals surface area contributed by atoms with Crippen molar-refractivity contribution in [2.45, 2.75) is 18.7 Å². The van der Waals surface area contributed by atoms with Gasteiger partial charge in [0.2, 0.25) is 5.95 Å². The summed E-state index contributed by atoms with van der Waals surface area (Å²) in [6, 6.07) is 5.82. The number of aromatic nitrogens is 2. The molecule has 0 aliphatic carbocycles. The molecule has 0 unspecified atom stereocenters. The van der Waals surface area contributed by atoms with Crippen LogP contribution in [0.4, 0.5) is 11.6 Å². The molecule has 6 nitrogen and oxygen atoms in total. The summed E-state index contributed by atoms with van der Waals surface area (Å²) in [4.78, 5) is 8.05. The molecule has 0 bridgehead atoms. The highest BCUT2D eigenvalue weighted by molar-refractivity contribution is 7.92. The second kappa shape index (κ2) is 5.26. The van der Waals surface area contributed by atoms with Crippen molar-refractivity contribution < 1.29 is 8.42 Å². The number of hydrogen-bond acceptors (Lipinski definition) is 5. The van der Waals surface area contributed by atoms with Crippen molar-refractivity contribution in [1.29, 1.82) is 0 Å². The van der Waals surface area contributed by atoms with Crippen molar-refractivity contribution in [3.8, 4) is 0 Å². The molecule has 0 radical (unpaired) electrons. The molecule has 0 aliphatic rings. The first kappa shape index (κ1) is 14.5. The maximum atomic E-state index is 12.2. The summed E-state index contributed by atoms with van der Waals surface area (Å²) in [5.41, 5.74) is 7.14. The molecule has 0 saturated heterocycles. The molecular formula is C12H13ClN4O2S. The summed E-state index contributed by atoms with van der Waals surface area (Å²) in [6.07, 6.45) is 0. The van der Waals surface area contributed by atoms with Gasteiger partial charge in [-0.2, -0.15) is 0 Å². The number of sulfonamides is 1. The third-order valence-corrected chi connectivity index (χ3v) is 4.16. The van der Waals surface area contributed by atoms with Crippen molar-refractivity contribution in [2.75, 3.05) is 10.5 Å². The van der Waals surface area contributed by atoms with Crippen LogP contribution in [0.5, 0.6) is 0 Å². The number of anilines is 2. The summed E-state index contributed by atoms with van der Waals surface area (Å²) in [5, 5.41) is 0.298. The molecule has 8 heteroatoms. The van der Waals surface area contributed by atoms with E-state index in [0.717, 1.165) is 0 Å². The van der Waals surface area contributed by atoms with Crippen LogP contribution in [0, 0.1) is 13.8 Å². The van der Waals surface area contributed by atoms with E-state index in [0.29, 0.717) is 16.4 Å². The lowest BCUT2D eigenvalue weighted by atomic mass is 10.3. The van der Waals surface area contributed by atoms with Crippen LogP contribution in [0.25, 0.3) is 0 Å². The zero-order valence-electron chi connectivity index (χ0n) is 10.9. The lowest BCUT2D eigenvalue weighted by Gasteiger charge is -2.09. The van der Waals surface area contributed by atoms with Crippen molar-refractivity contribution >= 4 is 33.3 Å². The number of nitrogen functional groups attached to an aromatic ring is 1. The summed E-state index contributed by atoms with van der Waals surface area (Å²) in [6.45, 7) is 3.51. The van der Waals surface area contributed by atoms with Crippen LogP contribution in [-0.2, 0) is 10.0 Å². The average Bonchev–Trinajstić information content (AvgIpc) is 2.30. The number of nitrogens with one attached hydrogen (secondary N) is 1. The van der Waals surface area contributed by atoms with Crippen LogP contribution in [0.1, 0.15) is 11.4 Å². The van der Waals surface area contributed by atoms with E-state index >= 15 is 0 Å². The molecule has 0 spiro atoms. The van der Waals surface area contributed by atoms with E-state index in [2.05, 4.69) is 14.7 Å². The van der Waals surface area contributed by atoms with Crippen molar-refractivity contribution in [2.24, 2.45) is 0 Å². The lowest BCUT2D eigenvalue weighted by Crippen LogP contribution is -2.16. The largest absolute Gasteiger partial charge is 0.397 e. The average molecular weight is 313 g/mol. The number of halogens is 1. The van der Waals surface area contributed by atoms with Gasteiger partial charge in [-0.05, 0) is 38.1 Å². The first-order valence-electron chi connectivity index (χ1n) is 5.68. The lowest BCUT2D eigenvalue weighted by molar-refractivity contribution is 0.601. The van der Waals surface area contributed by atoms with E-state index in [1.54, 1.807) is 19.9 Å². The molecule has 0 amide bonds. The van der Waals surface area contributed by atoms with Gasteiger partial charge < -0.3 is 5.73 Å². The number of hydrogen-bond donors (Lipinski definition) is 2. The van der Waals surface area contributed by atoms with Gasteiger partial charge >= 0.3 is 0 Å². The van der Waals surface area contributed by atoms with Crippen LogP contribution >= 0.6 is 11.6 Å². The summed E-state index contributed by atoms with van der Waals surface area (Å²) < 4.78 is 26.7. The highest BCUT2D eigenvalue weighted by Gasteiger charge is 2.17. The molecule has 0 atom stereocenters. The van der Waals surface area contributed by atoms with Crippen LogP contribution < -0.4 is 10.5 Å². The summed E-state index contributed by atoms with van der Waals surface area (Å²) in [7, 11) is -3.80. The Kier molecular flexibility index (Phi) is 3.82. The molecule has 1 aromatic carbocycles. The van der Waals surface area contributed by atoms with E-state index in [4.69, 9.17) is 17.3 Å². The molecule has 0 saturated carbocycles. The van der Waals surface area contributed by atoms with E-state index in [1.165, 1.54) is 18.2 Å². The predicted octanol–water partition coefficient (Wildman–Crippen LogP) is 2.13. The fourth-order valence-corrected chi connectivity index (χ4v) is 2.74. The van der Waals surface area contributed by atoms with E-state index < -0.39 is 10.0 Å². The van der Waals surface area contributed by atoms with Crippen LogP contribution in [-0.4, -0.2) is 18.4 Å². The van der Waals surface area contributed by atoms with Gasteiger partial charge in [-0.25, -0.2) is 23.1 Å². The zero-order chi connectivity index (χ0) is 14.9. The highest BCUT2D eigenvalue weighted by atomic mass is 35.5. The zero-order valence-corrected chi connectivity index (χ0v) is 12.5. The third-order valence-electron chi connectivity index (χ3n) is 2.49.